The molecule has 2 N–H and O–H groups in total. The zero-order chi connectivity index (χ0) is 14.9. The Morgan fingerprint density at radius 2 is 1.67 bits per heavy atom. The molecule has 0 saturated heterocycles. The minimum atomic E-state index is 0.150. The topological polar surface area (TPSA) is 44.5 Å². The average molecular weight is 289 g/mol. The van der Waals surface area contributed by atoms with Crippen LogP contribution in [0.15, 0.2) is 18.2 Å². The minimum Gasteiger partial charge on any atom is -0.493 e. The second-order valence-electron chi connectivity index (χ2n) is 6.97. The maximum Gasteiger partial charge on any atom is 0.161 e. The fourth-order valence-electron chi connectivity index (χ4n) is 4.67. The summed E-state index contributed by atoms with van der Waals surface area (Å²) >= 11 is 0. The van der Waals surface area contributed by atoms with Crippen molar-refractivity contribution in [2.24, 2.45) is 11.1 Å². The first-order chi connectivity index (χ1) is 10.2. The van der Waals surface area contributed by atoms with Gasteiger partial charge < -0.3 is 15.2 Å². The fraction of sp³-hybridized carbons (Fsp3) is 0.667. The summed E-state index contributed by atoms with van der Waals surface area (Å²) in [5.74, 6) is 1.60. The van der Waals surface area contributed by atoms with Gasteiger partial charge in [0.25, 0.3) is 0 Å². The summed E-state index contributed by atoms with van der Waals surface area (Å²) < 4.78 is 10.8. The van der Waals surface area contributed by atoms with Crippen LogP contribution in [-0.2, 0) is 5.41 Å². The lowest BCUT2D eigenvalue weighted by molar-refractivity contribution is -0.00844. The van der Waals surface area contributed by atoms with Crippen molar-refractivity contribution < 1.29 is 9.47 Å². The fourth-order valence-corrected chi connectivity index (χ4v) is 4.67. The molecule has 0 aromatic heterocycles. The third-order valence-corrected chi connectivity index (χ3v) is 5.73. The first-order valence-corrected chi connectivity index (χ1v) is 8.10. The Hall–Kier alpha value is -1.22. The maximum absolute atomic E-state index is 6.18. The van der Waals surface area contributed by atoms with Crippen LogP contribution in [0, 0.1) is 5.41 Å². The molecular formula is C18H27NO2. The highest BCUT2D eigenvalue weighted by Gasteiger charge is 2.54. The van der Waals surface area contributed by atoms with Gasteiger partial charge in [0.1, 0.15) is 0 Å². The Bertz CT molecular complexity index is 498. The molecule has 0 heterocycles. The second kappa shape index (κ2) is 5.53. The highest BCUT2D eigenvalue weighted by molar-refractivity contribution is 5.46. The molecule has 2 fully saturated rings. The number of hydrogen-bond donors (Lipinski definition) is 1. The third kappa shape index (κ3) is 2.42. The van der Waals surface area contributed by atoms with Gasteiger partial charge in [0.2, 0.25) is 0 Å². The van der Waals surface area contributed by atoms with Crippen LogP contribution in [0.4, 0.5) is 0 Å². The Labute approximate surface area is 127 Å². The van der Waals surface area contributed by atoms with Gasteiger partial charge >= 0.3 is 0 Å². The number of nitrogens with two attached hydrogens (primary N) is 1. The summed E-state index contributed by atoms with van der Waals surface area (Å²) in [5, 5.41) is 0. The SMILES string of the molecule is COc1ccc(C2(CN)CC3(CCCCC3)C2)cc1OC. The van der Waals surface area contributed by atoms with E-state index in [9.17, 15) is 0 Å². The molecule has 116 valence electrons. The first-order valence-electron chi connectivity index (χ1n) is 8.10. The molecule has 0 amide bonds. The number of ether oxygens (including phenoxy) is 2. The van der Waals surface area contributed by atoms with E-state index >= 15 is 0 Å². The number of methoxy groups -OCH3 is 2. The van der Waals surface area contributed by atoms with Crippen LogP contribution in [0.1, 0.15) is 50.5 Å². The van der Waals surface area contributed by atoms with Crippen molar-refractivity contribution in [2.75, 3.05) is 20.8 Å². The monoisotopic (exact) mass is 289 g/mol. The highest BCUT2D eigenvalue weighted by Crippen LogP contribution is 2.61. The quantitative estimate of drug-likeness (QED) is 0.920. The van der Waals surface area contributed by atoms with Gasteiger partial charge in [-0.2, -0.15) is 0 Å². The maximum atomic E-state index is 6.18. The zero-order valence-corrected chi connectivity index (χ0v) is 13.3. The standard InChI is InChI=1S/C18H27NO2/c1-20-15-7-6-14(10-16(15)21-2)18(13-19)11-17(12-18)8-4-3-5-9-17/h6-7,10H,3-5,8-9,11-13,19H2,1-2H3. The molecule has 2 aliphatic rings. The van der Waals surface area contributed by atoms with Crippen molar-refractivity contribution in [2.45, 2.75) is 50.4 Å². The molecule has 3 rings (SSSR count). The second-order valence-corrected chi connectivity index (χ2v) is 6.97. The van der Waals surface area contributed by atoms with Crippen LogP contribution in [-0.4, -0.2) is 20.8 Å². The molecule has 0 atom stereocenters. The van der Waals surface area contributed by atoms with Crippen LogP contribution in [0.2, 0.25) is 0 Å². The number of benzene rings is 1. The molecule has 0 aliphatic heterocycles. The summed E-state index contributed by atoms with van der Waals surface area (Å²) in [6.07, 6.45) is 9.47. The van der Waals surface area contributed by atoms with Gasteiger partial charge in [-0.15, -0.1) is 0 Å². The van der Waals surface area contributed by atoms with E-state index < -0.39 is 0 Å². The third-order valence-electron chi connectivity index (χ3n) is 5.73. The smallest absolute Gasteiger partial charge is 0.161 e. The number of hydrogen-bond acceptors (Lipinski definition) is 3. The molecule has 0 unspecified atom stereocenters. The molecule has 2 saturated carbocycles. The Morgan fingerprint density at radius 1 is 1.00 bits per heavy atom. The van der Waals surface area contributed by atoms with E-state index in [1.54, 1.807) is 14.2 Å². The molecule has 3 heteroatoms. The van der Waals surface area contributed by atoms with E-state index in [2.05, 4.69) is 12.1 Å². The van der Waals surface area contributed by atoms with Gasteiger partial charge in [-0.3, -0.25) is 0 Å². The Morgan fingerprint density at radius 3 is 2.24 bits per heavy atom. The molecule has 2 aliphatic carbocycles. The molecule has 21 heavy (non-hydrogen) atoms. The van der Waals surface area contributed by atoms with Crippen molar-refractivity contribution in [3.05, 3.63) is 23.8 Å². The normalized spacial score (nSPS) is 22.6. The van der Waals surface area contributed by atoms with Gasteiger partial charge in [-0.1, -0.05) is 25.3 Å². The molecule has 0 bridgehead atoms. The zero-order valence-electron chi connectivity index (χ0n) is 13.3. The molecule has 3 nitrogen and oxygen atoms in total. The van der Waals surface area contributed by atoms with Crippen molar-refractivity contribution in [3.63, 3.8) is 0 Å². The van der Waals surface area contributed by atoms with Crippen molar-refractivity contribution in [1.29, 1.82) is 0 Å². The molecule has 1 aromatic rings. The highest BCUT2D eigenvalue weighted by atomic mass is 16.5. The van der Waals surface area contributed by atoms with Gasteiger partial charge in [0, 0.05) is 12.0 Å². The summed E-state index contributed by atoms with van der Waals surface area (Å²) in [6, 6.07) is 6.31. The van der Waals surface area contributed by atoms with Crippen LogP contribution < -0.4 is 15.2 Å². The molecule has 0 radical (unpaired) electrons. The largest absolute Gasteiger partial charge is 0.493 e. The summed E-state index contributed by atoms with van der Waals surface area (Å²) in [4.78, 5) is 0. The van der Waals surface area contributed by atoms with Crippen LogP contribution in [0.3, 0.4) is 0 Å². The Balaban J connectivity index is 1.84. The van der Waals surface area contributed by atoms with Crippen molar-refractivity contribution >= 4 is 0 Å². The molecular weight excluding hydrogens is 262 g/mol. The Kier molecular flexibility index (Phi) is 3.87. The lowest BCUT2D eigenvalue weighted by Gasteiger charge is -2.58. The molecule has 1 spiro atoms. The summed E-state index contributed by atoms with van der Waals surface area (Å²) in [7, 11) is 3.37. The predicted molar refractivity (Wildman–Crippen MR) is 85.0 cm³/mol. The molecule has 1 aromatic carbocycles. The summed E-state index contributed by atoms with van der Waals surface area (Å²) in [5.41, 5.74) is 8.22. The van der Waals surface area contributed by atoms with Gasteiger partial charge in [-0.25, -0.2) is 0 Å². The van der Waals surface area contributed by atoms with E-state index in [0.717, 1.165) is 18.0 Å². The summed E-state index contributed by atoms with van der Waals surface area (Å²) in [6.45, 7) is 0.726. The average Bonchev–Trinajstić information content (AvgIpc) is 2.52. The van der Waals surface area contributed by atoms with Crippen LogP contribution >= 0.6 is 0 Å². The first kappa shape index (κ1) is 14.7. The van der Waals surface area contributed by atoms with Gasteiger partial charge in [0.05, 0.1) is 14.2 Å². The van der Waals surface area contributed by atoms with Crippen LogP contribution in [0.5, 0.6) is 11.5 Å². The van der Waals surface area contributed by atoms with Crippen molar-refractivity contribution in [3.8, 4) is 11.5 Å². The van der Waals surface area contributed by atoms with E-state index in [0.29, 0.717) is 5.41 Å². The lowest BCUT2D eigenvalue weighted by atomic mass is 9.46. The van der Waals surface area contributed by atoms with Gasteiger partial charge in [0.15, 0.2) is 11.5 Å². The van der Waals surface area contributed by atoms with Crippen LogP contribution in [0.25, 0.3) is 0 Å². The predicted octanol–water partition coefficient (Wildman–Crippen LogP) is 3.64. The van der Waals surface area contributed by atoms with Crippen molar-refractivity contribution in [1.82, 2.24) is 0 Å². The van der Waals surface area contributed by atoms with E-state index in [4.69, 9.17) is 15.2 Å². The van der Waals surface area contributed by atoms with E-state index in [1.807, 2.05) is 6.07 Å². The number of rotatable bonds is 4. The lowest BCUT2D eigenvalue weighted by Crippen LogP contribution is -2.54. The van der Waals surface area contributed by atoms with E-state index in [1.165, 1.54) is 50.5 Å². The van der Waals surface area contributed by atoms with E-state index in [-0.39, 0.29) is 5.41 Å². The van der Waals surface area contributed by atoms with Gasteiger partial charge in [-0.05, 0) is 48.8 Å². The minimum absolute atomic E-state index is 0.150.